The van der Waals surface area contributed by atoms with Gasteiger partial charge in [0, 0.05) is 18.3 Å². The molecule has 28 heavy (non-hydrogen) atoms. The van der Waals surface area contributed by atoms with E-state index in [4.69, 9.17) is 9.72 Å². The Kier molecular flexibility index (Phi) is 5.14. The Morgan fingerprint density at radius 2 is 1.93 bits per heavy atom. The second-order valence-electron chi connectivity index (χ2n) is 6.48. The molecule has 142 valence electrons. The Morgan fingerprint density at radius 1 is 1.07 bits per heavy atom. The van der Waals surface area contributed by atoms with Crippen LogP contribution >= 0.6 is 0 Å². The molecule has 0 fully saturated rings. The Balaban J connectivity index is 1.70. The molecule has 4 aromatic rings. The summed E-state index contributed by atoms with van der Waals surface area (Å²) in [5.74, 6) is 1.55. The predicted molar refractivity (Wildman–Crippen MR) is 107 cm³/mol. The Labute approximate surface area is 163 Å². The summed E-state index contributed by atoms with van der Waals surface area (Å²) in [7, 11) is 0. The summed E-state index contributed by atoms with van der Waals surface area (Å²) in [5, 5.41) is 4.34. The van der Waals surface area contributed by atoms with Crippen LogP contribution in [0.5, 0.6) is 5.75 Å². The van der Waals surface area contributed by atoms with Gasteiger partial charge >= 0.3 is 0 Å². The first-order valence-electron chi connectivity index (χ1n) is 9.31. The number of imidazole rings is 1. The minimum Gasteiger partial charge on any atom is -0.487 e. The molecule has 7 heteroatoms. The fourth-order valence-electron chi connectivity index (χ4n) is 3.20. The third-order valence-corrected chi connectivity index (χ3v) is 4.44. The molecule has 1 aromatic carbocycles. The normalized spacial score (nSPS) is 12.1. The number of ether oxygens (including phenoxy) is 1. The minimum absolute atomic E-state index is 0.0706. The molecule has 1 atom stereocenters. The van der Waals surface area contributed by atoms with Crippen LogP contribution in [0, 0.1) is 0 Å². The van der Waals surface area contributed by atoms with Crippen molar-refractivity contribution in [1.82, 2.24) is 29.3 Å². The maximum absolute atomic E-state index is 6.01. The largest absolute Gasteiger partial charge is 0.487 e. The second-order valence-corrected chi connectivity index (χ2v) is 6.48. The highest BCUT2D eigenvalue weighted by molar-refractivity contribution is 5.75. The molecule has 0 saturated heterocycles. The van der Waals surface area contributed by atoms with Gasteiger partial charge in [-0.25, -0.2) is 14.6 Å². The Morgan fingerprint density at radius 3 is 2.68 bits per heavy atom. The van der Waals surface area contributed by atoms with Crippen molar-refractivity contribution >= 4 is 0 Å². The van der Waals surface area contributed by atoms with Gasteiger partial charge in [-0.1, -0.05) is 30.3 Å². The molecule has 4 rings (SSSR count). The lowest BCUT2D eigenvalue weighted by Crippen LogP contribution is -2.20. The molecule has 3 aromatic heterocycles. The van der Waals surface area contributed by atoms with Crippen LogP contribution in [0.2, 0.25) is 0 Å². The highest BCUT2D eigenvalue weighted by atomic mass is 16.5. The topological polar surface area (TPSA) is 70.7 Å². The van der Waals surface area contributed by atoms with Crippen molar-refractivity contribution in [2.75, 3.05) is 0 Å². The van der Waals surface area contributed by atoms with Gasteiger partial charge in [-0.3, -0.25) is 4.98 Å². The molecule has 0 N–H and O–H groups in total. The predicted octanol–water partition coefficient (Wildman–Crippen LogP) is 3.69. The minimum atomic E-state index is -0.0706. The van der Waals surface area contributed by atoms with E-state index < -0.39 is 0 Å². The van der Waals surface area contributed by atoms with Gasteiger partial charge in [0.1, 0.15) is 23.9 Å². The molecular formula is C21H22N6O. The van der Waals surface area contributed by atoms with Crippen molar-refractivity contribution in [2.45, 2.75) is 33.0 Å². The molecule has 0 aliphatic heterocycles. The lowest BCUT2D eigenvalue weighted by Gasteiger charge is -2.17. The number of hydrogen-bond donors (Lipinski definition) is 0. The number of nitrogens with zero attached hydrogens (tertiary/aromatic N) is 6. The van der Waals surface area contributed by atoms with Gasteiger partial charge in [0.15, 0.2) is 5.82 Å². The summed E-state index contributed by atoms with van der Waals surface area (Å²) in [6, 6.07) is 13.9. The van der Waals surface area contributed by atoms with Crippen LogP contribution in [0.25, 0.3) is 22.8 Å². The van der Waals surface area contributed by atoms with Gasteiger partial charge in [-0.2, -0.15) is 5.10 Å². The molecule has 0 bridgehead atoms. The van der Waals surface area contributed by atoms with E-state index in [-0.39, 0.29) is 6.10 Å². The molecule has 0 amide bonds. The van der Waals surface area contributed by atoms with E-state index in [1.165, 1.54) is 0 Å². The molecule has 0 spiro atoms. The lowest BCUT2D eigenvalue weighted by atomic mass is 10.1. The van der Waals surface area contributed by atoms with Crippen molar-refractivity contribution < 1.29 is 4.74 Å². The first-order chi connectivity index (χ1) is 13.8. The van der Waals surface area contributed by atoms with Crippen LogP contribution in [0.3, 0.4) is 0 Å². The summed E-state index contributed by atoms with van der Waals surface area (Å²) in [4.78, 5) is 13.3. The third kappa shape index (κ3) is 3.64. The maximum Gasteiger partial charge on any atom is 0.177 e. The third-order valence-electron chi connectivity index (χ3n) is 4.44. The van der Waals surface area contributed by atoms with Gasteiger partial charge in [0.25, 0.3) is 0 Å². The molecule has 7 nitrogen and oxygen atoms in total. The zero-order valence-electron chi connectivity index (χ0n) is 15.9. The van der Waals surface area contributed by atoms with E-state index in [1.54, 1.807) is 18.7 Å². The van der Waals surface area contributed by atoms with Crippen LogP contribution in [0.1, 0.15) is 13.8 Å². The molecule has 0 radical (unpaired) electrons. The summed E-state index contributed by atoms with van der Waals surface area (Å²) >= 11 is 0. The number of pyridine rings is 1. The Bertz CT molecular complexity index is 1030. The number of aromatic nitrogens is 6. The lowest BCUT2D eigenvalue weighted by molar-refractivity contribution is 0.199. The van der Waals surface area contributed by atoms with E-state index in [0.29, 0.717) is 6.54 Å². The highest BCUT2D eigenvalue weighted by Gasteiger charge is 2.21. The molecule has 0 unspecified atom stereocenters. The van der Waals surface area contributed by atoms with E-state index in [2.05, 4.69) is 38.7 Å². The molecule has 0 aliphatic carbocycles. The quantitative estimate of drug-likeness (QED) is 0.493. The van der Waals surface area contributed by atoms with E-state index in [9.17, 15) is 0 Å². The van der Waals surface area contributed by atoms with Crippen LogP contribution in [0.4, 0.5) is 0 Å². The summed E-state index contributed by atoms with van der Waals surface area (Å²) in [6.45, 7) is 5.44. The zero-order valence-corrected chi connectivity index (χ0v) is 15.9. The van der Waals surface area contributed by atoms with Gasteiger partial charge < -0.3 is 9.30 Å². The SMILES string of the molecule is CCn1ncnc1-c1c(-c2ccccc2)ncn1C[C@H](C)Oc1cccnc1. The van der Waals surface area contributed by atoms with Crippen molar-refractivity contribution in [3.05, 3.63) is 67.5 Å². The van der Waals surface area contributed by atoms with Crippen molar-refractivity contribution in [1.29, 1.82) is 0 Å². The van der Waals surface area contributed by atoms with Crippen molar-refractivity contribution in [3.63, 3.8) is 0 Å². The van der Waals surface area contributed by atoms with Crippen LogP contribution in [-0.4, -0.2) is 35.4 Å². The van der Waals surface area contributed by atoms with Gasteiger partial charge in [-0.05, 0) is 26.0 Å². The number of hydrogen-bond acceptors (Lipinski definition) is 5. The summed E-state index contributed by atoms with van der Waals surface area (Å²) in [5.41, 5.74) is 2.87. The van der Waals surface area contributed by atoms with E-state index in [1.807, 2.05) is 48.3 Å². The maximum atomic E-state index is 6.01. The second kappa shape index (κ2) is 8.04. The Hall–Kier alpha value is -3.48. The van der Waals surface area contributed by atoms with Crippen LogP contribution in [-0.2, 0) is 13.1 Å². The average molecular weight is 374 g/mol. The van der Waals surface area contributed by atoms with Gasteiger partial charge in [-0.15, -0.1) is 0 Å². The monoisotopic (exact) mass is 374 g/mol. The molecule has 3 heterocycles. The molecule has 0 saturated carbocycles. The standard InChI is InChI=1S/C21H22N6O/c1-3-27-21(23-14-25-27)20-19(17-8-5-4-6-9-17)24-15-26(20)13-16(2)28-18-10-7-11-22-12-18/h4-12,14-16H,3,13H2,1-2H3/t16-/m0/s1. The molecule has 0 aliphatic rings. The fraction of sp³-hybridized carbons (Fsp3) is 0.238. The average Bonchev–Trinajstić information content (AvgIpc) is 3.35. The fourth-order valence-corrected chi connectivity index (χ4v) is 3.20. The number of rotatable bonds is 7. The highest BCUT2D eigenvalue weighted by Crippen LogP contribution is 2.30. The first-order valence-corrected chi connectivity index (χ1v) is 9.31. The van der Waals surface area contributed by atoms with Crippen molar-refractivity contribution in [2.24, 2.45) is 0 Å². The van der Waals surface area contributed by atoms with E-state index >= 15 is 0 Å². The van der Waals surface area contributed by atoms with E-state index in [0.717, 1.165) is 35.1 Å². The zero-order chi connectivity index (χ0) is 19.3. The van der Waals surface area contributed by atoms with Crippen LogP contribution < -0.4 is 4.74 Å². The van der Waals surface area contributed by atoms with Gasteiger partial charge in [0.2, 0.25) is 0 Å². The number of benzene rings is 1. The van der Waals surface area contributed by atoms with Crippen molar-refractivity contribution in [3.8, 4) is 28.5 Å². The summed E-state index contributed by atoms with van der Waals surface area (Å²) in [6.07, 6.45) is 6.80. The number of aryl methyl sites for hydroxylation is 1. The molecular weight excluding hydrogens is 352 g/mol. The van der Waals surface area contributed by atoms with Crippen LogP contribution in [0.15, 0.2) is 67.5 Å². The van der Waals surface area contributed by atoms with Gasteiger partial charge in [0.05, 0.1) is 24.8 Å². The summed E-state index contributed by atoms with van der Waals surface area (Å²) < 4.78 is 9.97. The smallest absolute Gasteiger partial charge is 0.177 e. The first kappa shape index (κ1) is 17.9.